The molecule has 1 unspecified atom stereocenters. The van der Waals surface area contributed by atoms with Gasteiger partial charge in [0.05, 0.1) is 5.60 Å². The van der Waals surface area contributed by atoms with Gasteiger partial charge in [0.1, 0.15) is 0 Å². The summed E-state index contributed by atoms with van der Waals surface area (Å²) in [5.41, 5.74) is 5.39. The van der Waals surface area contributed by atoms with Crippen molar-refractivity contribution < 1.29 is 4.74 Å². The molecule has 0 aromatic rings. The second kappa shape index (κ2) is 5.51. The van der Waals surface area contributed by atoms with Crippen LogP contribution in [0.15, 0.2) is 0 Å². The van der Waals surface area contributed by atoms with Crippen LogP contribution in [0, 0.1) is 0 Å². The Bertz CT molecular complexity index is 115. The SMILES string of the molecule is CCOC(C)(C)CNC(C)CN. The lowest BCUT2D eigenvalue weighted by molar-refractivity contribution is -0.0101. The van der Waals surface area contributed by atoms with Gasteiger partial charge in [-0.1, -0.05) is 0 Å². The highest BCUT2D eigenvalue weighted by Gasteiger charge is 2.17. The fourth-order valence-corrected chi connectivity index (χ4v) is 0.945. The van der Waals surface area contributed by atoms with E-state index in [1.165, 1.54) is 0 Å². The summed E-state index contributed by atoms with van der Waals surface area (Å²) in [6.07, 6.45) is 0. The Morgan fingerprint density at radius 2 is 2.08 bits per heavy atom. The van der Waals surface area contributed by atoms with Crippen molar-refractivity contribution in [3.05, 3.63) is 0 Å². The van der Waals surface area contributed by atoms with Gasteiger partial charge in [-0.15, -0.1) is 0 Å². The summed E-state index contributed by atoms with van der Waals surface area (Å²) in [6, 6.07) is 0.365. The number of ether oxygens (including phenoxy) is 1. The van der Waals surface area contributed by atoms with Crippen LogP contribution in [-0.4, -0.2) is 31.3 Å². The smallest absolute Gasteiger partial charge is 0.0750 e. The molecule has 0 aliphatic heterocycles. The van der Waals surface area contributed by atoms with Crippen LogP contribution in [0.3, 0.4) is 0 Å². The third kappa shape index (κ3) is 5.52. The van der Waals surface area contributed by atoms with Crippen molar-refractivity contribution in [2.45, 2.75) is 39.3 Å². The van der Waals surface area contributed by atoms with Gasteiger partial charge >= 0.3 is 0 Å². The first-order chi connectivity index (χ1) is 5.52. The van der Waals surface area contributed by atoms with Crippen molar-refractivity contribution in [3.63, 3.8) is 0 Å². The van der Waals surface area contributed by atoms with Crippen molar-refractivity contribution in [1.29, 1.82) is 0 Å². The molecule has 0 aromatic heterocycles. The first-order valence-corrected chi connectivity index (χ1v) is 4.59. The summed E-state index contributed by atoms with van der Waals surface area (Å²) in [5, 5.41) is 3.31. The maximum absolute atomic E-state index is 5.52. The first kappa shape index (κ1) is 11.9. The highest BCUT2D eigenvalue weighted by molar-refractivity contribution is 4.74. The number of nitrogens with two attached hydrogens (primary N) is 1. The Kier molecular flexibility index (Phi) is 5.46. The van der Waals surface area contributed by atoms with Crippen molar-refractivity contribution in [1.82, 2.24) is 5.32 Å². The molecule has 0 radical (unpaired) electrons. The molecule has 3 heteroatoms. The fourth-order valence-electron chi connectivity index (χ4n) is 0.945. The van der Waals surface area contributed by atoms with E-state index in [4.69, 9.17) is 10.5 Å². The summed E-state index contributed by atoms with van der Waals surface area (Å²) >= 11 is 0. The Hall–Kier alpha value is -0.120. The molecular formula is C9H22N2O. The van der Waals surface area contributed by atoms with Gasteiger partial charge in [0.15, 0.2) is 0 Å². The minimum absolute atomic E-state index is 0.0851. The quantitative estimate of drug-likeness (QED) is 0.624. The number of nitrogens with one attached hydrogen (secondary N) is 1. The van der Waals surface area contributed by atoms with Crippen LogP contribution >= 0.6 is 0 Å². The Balaban J connectivity index is 3.59. The van der Waals surface area contributed by atoms with E-state index in [2.05, 4.69) is 26.1 Å². The second-order valence-electron chi connectivity index (χ2n) is 3.71. The molecule has 1 atom stereocenters. The van der Waals surface area contributed by atoms with Gasteiger partial charge in [-0.3, -0.25) is 0 Å². The molecule has 3 N–H and O–H groups in total. The van der Waals surface area contributed by atoms with Gasteiger partial charge in [-0.25, -0.2) is 0 Å². The van der Waals surface area contributed by atoms with E-state index < -0.39 is 0 Å². The zero-order chi connectivity index (χ0) is 9.61. The van der Waals surface area contributed by atoms with E-state index in [-0.39, 0.29) is 5.60 Å². The van der Waals surface area contributed by atoms with Gasteiger partial charge in [-0.2, -0.15) is 0 Å². The summed E-state index contributed by atoms with van der Waals surface area (Å²) in [4.78, 5) is 0. The van der Waals surface area contributed by atoms with Crippen LogP contribution in [0.4, 0.5) is 0 Å². The Morgan fingerprint density at radius 1 is 1.50 bits per heavy atom. The molecule has 3 nitrogen and oxygen atoms in total. The largest absolute Gasteiger partial charge is 0.375 e. The molecular weight excluding hydrogens is 152 g/mol. The number of hydrogen-bond donors (Lipinski definition) is 2. The summed E-state index contributed by atoms with van der Waals surface area (Å²) in [7, 11) is 0. The predicted octanol–water partition coefficient (Wildman–Crippen LogP) is 0.738. The molecule has 0 heterocycles. The topological polar surface area (TPSA) is 47.3 Å². The van der Waals surface area contributed by atoms with Crippen LogP contribution in [0.25, 0.3) is 0 Å². The molecule has 0 aromatic carbocycles. The molecule has 0 fully saturated rings. The van der Waals surface area contributed by atoms with Gasteiger partial charge < -0.3 is 15.8 Å². The lowest BCUT2D eigenvalue weighted by Crippen LogP contribution is -2.43. The van der Waals surface area contributed by atoms with Crippen LogP contribution in [0.2, 0.25) is 0 Å². The minimum atomic E-state index is -0.0851. The zero-order valence-electron chi connectivity index (χ0n) is 8.68. The van der Waals surface area contributed by atoms with Crippen molar-refractivity contribution >= 4 is 0 Å². The normalized spacial score (nSPS) is 14.8. The van der Waals surface area contributed by atoms with E-state index in [1.54, 1.807) is 0 Å². The molecule has 0 amide bonds. The van der Waals surface area contributed by atoms with Gasteiger partial charge in [0.25, 0.3) is 0 Å². The maximum Gasteiger partial charge on any atom is 0.0750 e. The Morgan fingerprint density at radius 3 is 2.50 bits per heavy atom. The van der Waals surface area contributed by atoms with E-state index in [0.29, 0.717) is 12.6 Å². The average molecular weight is 174 g/mol. The first-order valence-electron chi connectivity index (χ1n) is 4.59. The molecule has 0 rings (SSSR count). The third-order valence-corrected chi connectivity index (χ3v) is 1.76. The summed E-state index contributed by atoms with van der Waals surface area (Å²) in [5.74, 6) is 0. The van der Waals surface area contributed by atoms with Crippen LogP contribution in [-0.2, 0) is 4.74 Å². The van der Waals surface area contributed by atoms with E-state index in [9.17, 15) is 0 Å². The number of rotatable bonds is 6. The van der Waals surface area contributed by atoms with Crippen LogP contribution in [0.1, 0.15) is 27.7 Å². The fraction of sp³-hybridized carbons (Fsp3) is 1.00. The highest BCUT2D eigenvalue weighted by atomic mass is 16.5. The summed E-state index contributed by atoms with van der Waals surface area (Å²) < 4.78 is 5.52. The zero-order valence-corrected chi connectivity index (χ0v) is 8.68. The predicted molar refractivity (Wildman–Crippen MR) is 52.2 cm³/mol. The second-order valence-corrected chi connectivity index (χ2v) is 3.71. The van der Waals surface area contributed by atoms with Gasteiger partial charge in [0.2, 0.25) is 0 Å². The molecule has 74 valence electrons. The molecule has 0 aliphatic carbocycles. The Labute approximate surface area is 75.7 Å². The van der Waals surface area contributed by atoms with Crippen LogP contribution in [0.5, 0.6) is 0 Å². The summed E-state index contributed by atoms with van der Waals surface area (Å²) in [6.45, 7) is 10.5. The highest BCUT2D eigenvalue weighted by Crippen LogP contribution is 2.06. The molecule has 12 heavy (non-hydrogen) atoms. The van der Waals surface area contributed by atoms with Gasteiger partial charge in [0, 0.05) is 25.7 Å². The number of hydrogen-bond acceptors (Lipinski definition) is 3. The van der Waals surface area contributed by atoms with Crippen molar-refractivity contribution in [2.24, 2.45) is 5.73 Å². The molecule has 0 bridgehead atoms. The minimum Gasteiger partial charge on any atom is -0.375 e. The average Bonchev–Trinajstić information content (AvgIpc) is 2.00. The molecule has 0 saturated carbocycles. The van der Waals surface area contributed by atoms with E-state index in [0.717, 1.165) is 13.2 Å². The standard InChI is InChI=1S/C9H22N2O/c1-5-12-9(3,4)7-11-8(2)6-10/h8,11H,5-7,10H2,1-4H3. The monoisotopic (exact) mass is 174 g/mol. The third-order valence-electron chi connectivity index (χ3n) is 1.76. The molecule has 0 saturated heterocycles. The lowest BCUT2D eigenvalue weighted by Gasteiger charge is -2.26. The van der Waals surface area contributed by atoms with Crippen molar-refractivity contribution in [3.8, 4) is 0 Å². The molecule has 0 aliphatic rings. The molecule has 0 spiro atoms. The van der Waals surface area contributed by atoms with E-state index >= 15 is 0 Å². The lowest BCUT2D eigenvalue weighted by atomic mass is 10.1. The van der Waals surface area contributed by atoms with Gasteiger partial charge in [-0.05, 0) is 27.7 Å². The van der Waals surface area contributed by atoms with Crippen molar-refractivity contribution in [2.75, 3.05) is 19.7 Å². The van der Waals surface area contributed by atoms with Crippen LogP contribution < -0.4 is 11.1 Å². The maximum atomic E-state index is 5.52. The van der Waals surface area contributed by atoms with E-state index in [1.807, 2.05) is 6.92 Å².